The van der Waals surface area contributed by atoms with Crippen molar-refractivity contribution in [3.8, 4) is 0 Å². The molecule has 1 heterocycles. The Hall–Kier alpha value is -1.30. The second kappa shape index (κ2) is 8.74. The second-order valence-electron chi connectivity index (χ2n) is 4.73. The Kier molecular flexibility index (Phi) is 7.25. The molecule has 1 aliphatic rings. The molecular weight excluding hydrogens is 248 g/mol. The van der Waals surface area contributed by atoms with E-state index in [4.69, 9.17) is 9.84 Å². The third-order valence-electron chi connectivity index (χ3n) is 3.25. The highest BCUT2D eigenvalue weighted by Gasteiger charge is 2.26. The molecule has 0 saturated carbocycles. The first-order valence-electron chi connectivity index (χ1n) is 6.99. The van der Waals surface area contributed by atoms with Gasteiger partial charge in [0.1, 0.15) is 0 Å². The molecule has 1 fully saturated rings. The van der Waals surface area contributed by atoms with Crippen molar-refractivity contribution in [2.24, 2.45) is 0 Å². The van der Waals surface area contributed by atoms with Crippen LogP contribution in [0.2, 0.25) is 0 Å². The van der Waals surface area contributed by atoms with Crippen LogP contribution in [0.4, 0.5) is 4.79 Å². The smallest absolute Gasteiger partial charge is 0.317 e. The third kappa shape index (κ3) is 5.92. The number of carbonyl (C=O) groups excluding carboxylic acids is 1. The molecule has 110 valence electrons. The molecule has 19 heavy (non-hydrogen) atoms. The van der Waals surface area contributed by atoms with Gasteiger partial charge >= 0.3 is 12.0 Å². The van der Waals surface area contributed by atoms with Gasteiger partial charge in [-0.05, 0) is 32.6 Å². The molecular formula is C13H24N2O4. The minimum Gasteiger partial charge on any atom is -0.481 e. The Labute approximate surface area is 114 Å². The molecule has 0 radical (unpaired) electrons. The molecule has 0 aromatic heterocycles. The van der Waals surface area contributed by atoms with Gasteiger partial charge in [-0.25, -0.2) is 4.79 Å². The van der Waals surface area contributed by atoms with Crippen LogP contribution in [0.3, 0.4) is 0 Å². The molecule has 1 saturated heterocycles. The van der Waals surface area contributed by atoms with Crippen molar-refractivity contribution in [3.63, 3.8) is 0 Å². The van der Waals surface area contributed by atoms with Crippen molar-refractivity contribution in [3.05, 3.63) is 0 Å². The summed E-state index contributed by atoms with van der Waals surface area (Å²) in [5.41, 5.74) is 0. The van der Waals surface area contributed by atoms with E-state index in [1.807, 2.05) is 11.8 Å². The van der Waals surface area contributed by atoms with Crippen LogP contribution in [-0.4, -0.2) is 54.4 Å². The summed E-state index contributed by atoms with van der Waals surface area (Å²) in [5.74, 6) is -0.832. The van der Waals surface area contributed by atoms with Gasteiger partial charge in [0.2, 0.25) is 0 Å². The number of amides is 2. The molecule has 2 N–H and O–H groups in total. The number of nitrogens with one attached hydrogen (secondary N) is 1. The summed E-state index contributed by atoms with van der Waals surface area (Å²) in [4.78, 5) is 24.2. The van der Waals surface area contributed by atoms with Crippen LogP contribution >= 0.6 is 0 Å². The molecule has 1 aliphatic heterocycles. The van der Waals surface area contributed by atoms with E-state index in [0.29, 0.717) is 26.2 Å². The maximum Gasteiger partial charge on any atom is 0.317 e. The van der Waals surface area contributed by atoms with Gasteiger partial charge < -0.3 is 20.1 Å². The molecule has 0 aliphatic carbocycles. The fraction of sp³-hybridized carbons (Fsp3) is 0.846. The average Bonchev–Trinajstić information content (AvgIpc) is 2.41. The number of piperidine rings is 1. The van der Waals surface area contributed by atoms with Gasteiger partial charge in [-0.1, -0.05) is 0 Å². The highest BCUT2D eigenvalue weighted by Crippen LogP contribution is 2.17. The van der Waals surface area contributed by atoms with Crippen LogP contribution in [-0.2, 0) is 9.53 Å². The number of carboxylic acid groups (broad SMARTS) is 1. The number of carbonyl (C=O) groups is 2. The Morgan fingerprint density at radius 3 is 2.89 bits per heavy atom. The van der Waals surface area contributed by atoms with Gasteiger partial charge in [0, 0.05) is 26.1 Å². The van der Waals surface area contributed by atoms with E-state index in [2.05, 4.69) is 5.32 Å². The fourth-order valence-corrected chi connectivity index (χ4v) is 2.23. The maximum atomic E-state index is 12.0. The fourth-order valence-electron chi connectivity index (χ4n) is 2.23. The van der Waals surface area contributed by atoms with Gasteiger partial charge in [-0.2, -0.15) is 0 Å². The summed E-state index contributed by atoms with van der Waals surface area (Å²) >= 11 is 0. The first kappa shape index (κ1) is 15.8. The highest BCUT2D eigenvalue weighted by atomic mass is 16.5. The van der Waals surface area contributed by atoms with Crippen LogP contribution in [0.15, 0.2) is 0 Å². The topological polar surface area (TPSA) is 78.9 Å². The van der Waals surface area contributed by atoms with Crippen molar-refractivity contribution in [1.29, 1.82) is 0 Å². The van der Waals surface area contributed by atoms with Gasteiger partial charge in [0.05, 0.1) is 12.6 Å². The molecule has 0 bridgehead atoms. The van der Waals surface area contributed by atoms with Crippen LogP contribution in [0.1, 0.15) is 39.0 Å². The lowest BCUT2D eigenvalue weighted by Gasteiger charge is -2.35. The number of hydrogen-bond donors (Lipinski definition) is 2. The van der Waals surface area contributed by atoms with Crippen molar-refractivity contribution in [2.75, 3.05) is 26.3 Å². The Balaban J connectivity index is 2.32. The van der Waals surface area contributed by atoms with Crippen molar-refractivity contribution >= 4 is 12.0 Å². The molecule has 2 amide bonds. The summed E-state index contributed by atoms with van der Waals surface area (Å²) in [5, 5.41) is 11.3. The van der Waals surface area contributed by atoms with E-state index in [0.717, 1.165) is 25.8 Å². The highest BCUT2D eigenvalue weighted by molar-refractivity contribution is 5.74. The van der Waals surface area contributed by atoms with E-state index < -0.39 is 5.97 Å². The van der Waals surface area contributed by atoms with Crippen LogP contribution in [0.25, 0.3) is 0 Å². The SMILES string of the molecule is CCOCC1CCCCN1C(=O)NCCCC(=O)O. The summed E-state index contributed by atoms with van der Waals surface area (Å²) in [6, 6.07) is 0.0444. The van der Waals surface area contributed by atoms with Gasteiger partial charge in [0.15, 0.2) is 0 Å². The number of hydrogen-bond acceptors (Lipinski definition) is 3. The van der Waals surface area contributed by atoms with Crippen LogP contribution in [0.5, 0.6) is 0 Å². The first-order chi connectivity index (χ1) is 9.15. The molecule has 6 heteroatoms. The van der Waals surface area contributed by atoms with Crippen molar-refractivity contribution in [2.45, 2.75) is 45.1 Å². The third-order valence-corrected chi connectivity index (χ3v) is 3.25. The number of urea groups is 1. The maximum absolute atomic E-state index is 12.0. The molecule has 0 spiro atoms. The summed E-state index contributed by atoms with van der Waals surface area (Å²) < 4.78 is 5.41. The Bertz CT molecular complexity index is 296. The zero-order valence-corrected chi connectivity index (χ0v) is 11.6. The Morgan fingerprint density at radius 1 is 1.42 bits per heavy atom. The lowest BCUT2D eigenvalue weighted by atomic mass is 10.0. The average molecular weight is 272 g/mol. The minimum absolute atomic E-state index is 0.0860. The Morgan fingerprint density at radius 2 is 2.21 bits per heavy atom. The quantitative estimate of drug-likeness (QED) is 0.688. The predicted octanol–water partition coefficient (Wildman–Crippen LogP) is 1.45. The number of aliphatic carboxylic acids is 1. The standard InChI is InChI=1S/C13H24N2O4/c1-2-19-10-11-6-3-4-9-15(11)13(18)14-8-5-7-12(16)17/h11H,2-10H2,1H3,(H,14,18)(H,16,17). The first-order valence-corrected chi connectivity index (χ1v) is 6.99. The number of rotatable bonds is 7. The molecule has 0 aromatic carbocycles. The summed E-state index contributed by atoms with van der Waals surface area (Å²) in [6.45, 7) is 4.34. The predicted molar refractivity (Wildman–Crippen MR) is 71.1 cm³/mol. The van der Waals surface area contributed by atoms with Gasteiger partial charge in [-0.15, -0.1) is 0 Å². The van der Waals surface area contributed by atoms with E-state index in [9.17, 15) is 9.59 Å². The number of ether oxygens (including phenoxy) is 1. The lowest BCUT2D eigenvalue weighted by molar-refractivity contribution is -0.137. The summed E-state index contributed by atoms with van der Waals surface area (Å²) in [6.07, 6.45) is 3.67. The van der Waals surface area contributed by atoms with Gasteiger partial charge in [-0.3, -0.25) is 4.79 Å². The van der Waals surface area contributed by atoms with Crippen LogP contribution < -0.4 is 5.32 Å². The van der Waals surface area contributed by atoms with Crippen molar-refractivity contribution < 1.29 is 19.4 Å². The number of nitrogens with zero attached hydrogens (tertiary/aromatic N) is 1. The van der Waals surface area contributed by atoms with E-state index in [1.165, 1.54) is 0 Å². The molecule has 1 atom stereocenters. The molecule has 0 aromatic rings. The second-order valence-corrected chi connectivity index (χ2v) is 4.73. The minimum atomic E-state index is -0.832. The van der Waals surface area contributed by atoms with E-state index in [-0.39, 0.29) is 18.5 Å². The van der Waals surface area contributed by atoms with E-state index in [1.54, 1.807) is 0 Å². The lowest BCUT2D eigenvalue weighted by Crippen LogP contribution is -2.50. The summed E-state index contributed by atoms with van der Waals surface area (Å²) in [7, 11) is 0. The monoisotopic (exact) mass is 272 g/mol. The number of carboxylic acids is 1. The molecule has 1 rings (SSSR count). The molecule has 6 nitrogen and oxygen atoms in total. The zero-order chi connectivity index (χ0) is 14.1. The van der Waals surface area contributed by atoms with Crippen molar-refractivity contribution in [1.82, 2.24) is 10.2 Å². The van der Waals surface area contributed by atoms with Gasteiger partial charge in [0.25, 0.3) is 0 Å². The largest absolute Gasteiger partial charge is 0.481 e. The number of likely N-dealkylation sites (tertiary alicyclic amines) is 1. The van der Waals surface area contributed by atoms with Crippen LogP contribution in [0, 0.1) is 0 Å². The molecule has 1 unspecified atom stereocenters. The normalized spacial score (nSPS) is 19.2. The zero-order valence-electron chi connectivity index (χ0n) is 11.6. The van der Waals surface area contributed by atoms with E-state index >= 15 is 0 Å².